The molecular formula is C24H23P. The van der Waals surface area contributed by atoms with Crippen molar-refractivity contribution in [2.45, 2.75) is 19.8 Å². The van der Waals surface area contributed by atoms with Crippen molar-refractivity contribution in [2.75, 3.05) is 6.16 Å². The van der Waals surface area contributed by atoms with Gasteiger partial charge in [-0.25, -0.2) is 0 Å². The lowest BCUT2D eigenvalue weighted by Crippen LogP contribution is -2.16. The fourth-order valence-electron chi connectivity index (χ4n) is 3.57. The lowest BCUT2D eigenvalue weighted by Gasteiger charge is -2.22. The molecule has 0 radical (unpaired) electrons. The number of unbranched alkanes of at least 4 members (excludes halogenated alkanes) is 1. The summed E-state index contributed by atoms with van der Waals surface area (Å²) in [5.74, 6) is 0. The summed E-state index contributed by atoms with van der Waals surface area (Å²) in [5, 5.41) is 8.59. The molecule has 0 N–H and O–H groups in total. The van der Waals surface area contributed by atoms with E-state index in [1.807, 2.05) is 0 Å². The van der Waals surface area contributed by atoms with Crippen molar-refractivity contribution in [3.8, 4) is 0 Å². The van der Waals surface area contributed by atoms with Gasteiger partial charge in [-0.3, -0.25) is 0 Å². The summed E-state index contributed by atoms with van der Waals surface area (Å²) in [4.78, 5) is 0. The molecule has 0 heterocycles. The van der Waals surface area contributed by atoms with Gasteiger partial charge in [0, 0.05) is 0 Å². The van der Waals surface area contributed by atoms with Crippen LogP contribution >= 0.6 is 7.92 Å². The molecule has 0 atom stereocenters. The van der Waals surface area contributed by atoms with Gasteiger partial charge in [0.2, 0.25) is 0 Å². The van der Waals surface area contributed by atoms with Crippen LogP contribution < -0.4 is 10.6 Å². The second-order valence-corrected chi connectivity index (χ2v) is 8.77. The molecule has 124 valence electrons. The van der Waals surface area contributed by atoms with Crippen LogP contribution in [0.15, 0.2) is 84.9 Å². The Morgan fingerprint density at radius 3 is 1.60 bits per heavy atom. The first-order valence-electron chi connectivity index (χ1n) is 9.11. The Kier molecular flexibility index (Phi) is 4.81. The fourth-order valence-corrected chi connectivity index (χ4v) is 6.47. The molecule has 0 amide bonds. The first-order valence-corrected chi connectivity index (χ1v) is 10.6. The molecule has 0 aliphatic rings. The Hall–Kier alpha value is -2.17. The smallest absolute Gasteiger partial charge is 0.0104 e. The minimum Gasteiger partial charge on any atom is -0.0654 e. The summed E-state index contributed by atoms with van der Waals surface area (Å²) < 4.78 is 0. The van der Waals surface area contributed by atoms with Gasteiger partial charge in [-0.1, -0.05) is 98.3 Å². The zero-order valence-electron chi connectivity index (χ0n) is 14.7. The van der Waals surface area contributed by atoms with Crippen molar-refractivity contribution < 1.29 is 0 Å². The van der Waals surface area contributed by atoms with Crippen LogP contribution in [0, 0.1) is 0 Å². The van der Waals surface area contributed by atoms with Gasteiger partial charge >= 0.3 is 0 Å². The highest BCUT2D eigenvalue weighted by Gasteiger charge is 2.17. The predicted molar refractivity (Wildman–Crippen MR) is 114 cm³/mol. The van der Waals surface area contributed by atoms with Gasteiger partial charge in [0.1, 0.15) is 0 Å². The van der Waals surface area contributed by atoms with Gasteiger partial charge < -0.3 is 0 Å². The van der Waals surface area contributed by atoms with Gasteiger partial charge in [-0.05, 0) is 52.7 Å². The molecule has 0 nitrogen and oxygen atoms in total. The maximum absolute atomic E-state index is 2.35. The highest BCUT2D eigenvalue weighted by atomic mass is 31.1. The third kappa shape index (κ3) is 3.20. The molecule has 0 saturated heterocycles. The standard InChI is InChI=1S/C24H23P/c1-2-3-18-25(23-16-8-12-19-10-4-6-14-21(19)23)24-17-9-13-20-11-5-7-15-22(20)24/h4-17H,2-3,18H2,1H3. The maximum Gasteiger partial charge on any atom is -0.0104 e. The van der Waals surface area contributed by atoms with Gasteiger partial charge in [-0.15, -0.1) is 0 Å². The molecule has 0 spiro atoms. The quantitative estimate of drug-likeness (QED) is 0.377. The minimum atomic E-state index is -0.356. The van der Waals surface area contributed by atoms with Gasteiger partial charge in [-0.2, -0.15) is 0 Å². The van der Waals surface area contributed by atoms with Crippen molar-refractivity contribution in [2.24, 2.45) is 0 Å². The normalized spacial score (nSPS) is 11.4. The Balaban J connectivity index is 1.94. The third-order valence-electron chi connectivity index (χ3n) is 4.85. The number of fused-ring (bicyclic) bond motifs is 2. The number of hydrogen-bond donors (Lipinski definition) is 0. The predicted octanol–water partition coefficient (Wildman–Crippen LogP) is 6.23. The molecule has 0 bridgehead atoms. The van der Waals surface area contributed by atoms with E-state index < -0.39 is 0 Å². The molecule has 4 aromatic carbocycles. The molecule has 0 unspecified atom stereocenters. The Labute approximate surface area is 151 Å². The molecule has 0 aromatic heterocycles. The van der Waals surface area contributed by atoms with Crippen LogP contribution in [-0.2, 0) is 0 Å². The molecule has 25 heavy (non-hydrogen) atoms. The van der Waals surface area contributed by atoms with E-state index in [9.17, 15) is 0 Å². The van der Waals surface area contributed by atoms with Crippen LogP contribution in [-0.4, -0.2) is 6.16 Å². The van der Waals surface area contributed by atoms with E-state index in [2.05, 4.69) is 91.9 Å². The molecule has 0 aliphatic carbocycles. The second kappa shape index (κ2) is 7.38. The van der Waals surface area contributed by atoms with Crippen molar-refractivity contribution in [1.29, 1.82) is 0 Å². The monoisotopic (exact) mass is 342 g/mol. The van der Waals surface area contributed by atoms with E-state index in [-0.39, 0.29) is 7.92 Å². The first kappa shape index (κ1) is 16.3. The Morgan fingerprint density at radius 1 is 0.600 bits per heavy atom. The third-order valence-corrected chi connectivity index (χ3v) is 7.56. The average Bonchev–Trinajstić information content (AvgIpc) is 2.68. The summed E-state index contributed by atoms with van der Waals surface area (Å²) in [6, 6.07) is 31.3. The highest BCUT2D eigenvalue weighted by Crippen LogP contribution is 2.39. The summed E-state index contributed by atoms with van der Waals surface area (Å²) in [7, 11) is -0.356. The zero-order chi connectivity index (χ0) is 17.1. The maximum atomic E-state index is 2.35. The summed E-state index contributed by atoms with van der Waals surface area (Å²) in [5.41, 5.74) is 0. The van der Waals surface area contributed by atoms with E-state index in [0.717, 1.165) is 0 Å². The van der Waals surface area contributed by atoms with Crippen LogP contribution in [0.2, 0.25) is 0 Å². The molecule has 4 rings (SSSR count). The molecule has 0 aliphatic heterocycles. The minimum absolute atomic E-state index is 0.356. The van der Waals surface area contributed by atoms with Crippen LogP contribution in [0.25, 0.3) is 21.5 Å². The van der Waals surface area contributed by atoms with Gasteiger partial charge in [0.25, 0.3) is 0 Å². The van der Waals surface area contributed by atoms with Crippen molar-refractivity contribution in [1.82, 2.24) is 0 Å². The van der Waals surface area contributed by atoms with E-state index in [0.29, 0.717) is 0 Å². The number of hydrogen-bond acceptors (Lipinski definition) is 0. The number of rotatable bonds is 5. The largest absolute Gasteiger partial charge is 0.0654 e. The van der Waals surface area contributed by atoms with E-state index in [1.54, 1.807) is 0 Å². The SMILES string of the molecule is CCCCP(c1cccc2ccccc12)c1cccc2ccccc12. The fraction of sp³-hybridized carbons (Fsp3) is 0.167. The molecule has 0 saturated carbocycles. The van der Waals surface area contributed by atoms with Crippen LogP contribution in [0.4, 0.5) is 0 Å². The summed E-state index contributed by atoms with van der Waals surface area (Å²) in [6.45, 7) is 2.29. The highest BCUT2D eigenvalue weighted by molar-refractivity contribution is 7.73. The van der Waals surface area contributed by atoms with Crippen LogP contribution in [0.3, 0.4) is 0 Å². The number of benzene rings is 4. The van der Waals surface area contributed by atoms with E-state index >= 15 is 0 Å². The van der Waals surface area contributed by atoms with E-state index in [1.165, 1.54) is 51.2 Å². The van der Waals surface area contributed by atoms with Crippen molar-refractivity contribution >= 4 is 40.1 Å². The first-order chi connectivity index (χ1) is 12.4. The topological polar surface area (TPSA) is 0 Å². The Bertz CT molecular complexity index is 913. The molecule has 1 heteroatoms. The summed E-state index contributed by atoms with van der Waals surface area (Å²) in [6.07, 6.45) is 3.78. The molecule has 4 aromatic rings. The molecule has 0 fully saturated rings. The molecular weight excluding hydrogens is 319 g/mol. The van der Waals surface area contributed by atoms with Crippen LogP contribution in [0.1, 0.15) is 19.8 Å². The average molecular weight is 342 g/mol. The summed E-state index contributed by atoms with van der Waals surface area (Å²) >= 11 is 0. The second-order valence-electron chi connectivity index (χ2n) is 6.50. The van der Waals surface area contributed by atoms with E-state index in [4.69, 9.17) is 0 Å². The zero-order valence-corrected chi connectivity index (χ0v) is 15.5. The van der Waals surface area contributed by atoms with Crippen molar-refractivity contribution in [3.63, 3.8) is 0 Å². The lowest BCUT2D eigenvalue weighted by molar-refractivity contribution is 0.894. The lowest BCUT2D eigenvalue weighted by atomic mass is 10.1. The van der Waals surface area contributed by atoms with Gasteiger partial charge in [0.05, 0.1) is 0 Å². The van der Waals surface area contributed by atoms with Gasteiger partial charge in [0.15, 0.2) is 0 Å². The Morgan fingerprint density at radius 2 is 1.08 bits per heavy atom. The van der Waals surface area contributed by atoms with Crippen LogP contribution in [0.5, 0.6) is 0 Å². The van der Waals surface area contributed by atoms with Crippen molar-refractivity contribution in [3.05, 3.63) is 84.9 Å².